The molecule has 4 atom stereocenters. The van der Waals surface area contributed by atoms with Gasteiger partial charge in [-0.3, -0.25) is 9.59 Å². The minimum atomic E-state index is -0.943. The van der Waals surface area contributed by atoms with Gasteiger partial charge in [-0.15, -0.1) is 0 Å². The summed E-state index contributed by atoms with van der Waals surface area (Å²) in [6, 6.07) is 9.34. The third-order valence-corrected chi connectivity index (χ3v) is 5.17. The Bertz CT molecular complexity index is 661. The number of hydrogen-bond acceptors (Lipinski definition) is 4. The molecule has 0 aliphatic heterocycles. The summed E-state index contributed by atoms with van der Waals surface area (Å²) in [5, 5.41) is 0. The SMILES string of the molecule is CC1C2CC(=O)C1(C)C(OC(=O)/C=C/c1ccccc1)C2=O. The quantitative estimate of drug-likeness (QED) is 0.635. The molecule has 22 heavy (non-hydrogen) atoms. The third-order valence-electron chi connectivity index (χ3n) is 5.17. The molecule has 0 amide bonds. The number of esters is 1. The molecule has 0 saturated heterocycles. The molecule has 2 bridgehead atoms. The minimum Gasteiger partial charge on any atom is -0.450 e. The summed E-state index contributed by atoms with van der Waals surface area (Å²) in [5.74, 6) is -1.04. The lowest BCUT2D eigenvalue weighted by atomic mass is 9.78. The molecule has 2 aliphatic rings. The van der Waals surface area contributed by atoms with Crippen LogP contribution in [0, 0.1) is 17.3 Å². The van der Waals surface area contributed by atoms with Gasteiger partial charge in [-0.05, 0) is 24.5 Å². The molecule has 3 rings (SSSR count). The van der Waals surface area contributed by atoms with Crippen molar-refractivity contribution in [1.82, 2.24) is 0 Å². The van der Waals surface area contributed by atoms with E-state index in [0.29, 0.717) is 0 Å². The van der Waals surface area contributed by atoms with Crippen LogP contribution in [0.25, 0.3) is 6.08 Å². The molecule has 2 fully saturated rings. The fourth-order valence-electron chi connectivity index (χ4n) is 3.55. The van der Waals surface area contributed by atoms with Crippen molar-refractivity contribution in [1.29, 1.82) is 0 Å². The van der Waals surface area contributed by atoms with Crippen LogP contribution >= 0.6 is 0 Å². The number of ketones is 2. The van der Waals surface area contributed by atoms with Gasteiger partial charge in [-0.2, -0.15) is 0 Å². The predicted molar refractivity (Wildman–Crippen MR) is 80.7 cm³/mol. The molecule has 4 unspecified atom stereocenters. The van der Waals surface area contributed by atoms with E-state index in [1.54, 1.807) is 13.0 Å². The second-order valence-corrected chi connectivity index (χ2v) is 6.27. The first-order valence-corrected chi connectivity index (χ1v) is 7.45. The smallest absolute Gasteiger partial charge is 0.331 e. The Morgan fingerprint density at radius 2 is 1.95 bits per heavy atom. The Morgan fingerprint density at radius 1 is 1.27 bits per heavy atom. The molecule has 0 heterocycles. The van der Waals surface area contributed by atoms with Gasteiger partial charge in [0.25, 0.3) is 0 Å². The van der Waals surface area contributed by atoms with E-state index >= 15 is 0 Å². The predicted octanol–water partition coefficient (Wildman–Crippen LogP) is 2.43. The molecule has 1 aromatic carbocycles. The second-order valence-electron chi connectivity index (χ2n) is 6.27. The number of Topliss-reactive ketones (excluding diaryl/α,β-unsaturated/α-hetero) is 2. The zero-order valence-corrected chi connectivity index (χ0v) is 12.6. The van der Waals surface area contributed by atoms with Crippen LogP contribution in [0.2, 0.25) is 0 Å². The van der Waals surface area contributed by atoms with Crippen molar-refractivity contribution in [3.05, 3.63) is 42.0 Å². The van der Waals surface area contributed by atoms with Crippen LogP contribution < -0.4 is 0 Å². The zero-order valence-electron chi connectivity index (χ0n) is 12.6. The monoisotopic (exact) mass is 298 g/mol. The topological polar surface area (TPSA) is 60.4 Å². The number of benzene rings is 1. The summed E-state index contributed by atoms with van der Waals surface area (Å²) in [4.78, 5) is 36.4. The molecule has 0 spiro atoms. The van der Waals surface area contributed by atoms with Crippen LogP contribution in [0.15, 0.2) is 36.4 Å². The van der Waals surface area contributed by atoms with Crippen LogP contribution in [0.4, 0.5) is 0 Å². The van der Waals surface area contributed by atoms with Crippen molar-refractivity contribution in [2.45, 2.75) is 26.4 Å². The Hall–Kier alpha value is -2.23. The van der Waals surface area contributed by atoms with Gasteiger partial charge in [0, 0.05) is 18.4 Å². The van der Waals surface area contributed by atoms with Gasteiger partial charge in [0.05, 0.1) is 5.41 Å². The zero-order chi connectivity index (χ0) is 15.9. The van der Waals surface area contributed by atoms with Crippen LogP contribution in [0.5, 0.6) is 0 Å². The highest BCUT2D eigenvalue weighted by Crippen LogP contribution is 2.54. The van der Waals surface area contributed by atoms with Crippen LogP contribution in [0.3, 0.4) is 0 Å². The maximum atomic E-state index is 12.3. The number of fused-ring (bicyclic) bond motifs is 2. The van der Waals surface area contributed by atoms with Gasteiger partial charge in [0.1, 0.15) is 5.78 Å². The van der Waals surface area contributed by atoms with Crippen molar-refractivity contribution in [3.63, 3.8) is 0 Å². The Balaban J connectivity index is 1.73. The summed E-state index contributed by atoms with van der Waals surface area (Å²) >= 11 is 0. The number of ether oxygens (including phenoxy) is 1. The summed E-state index contributed by atoms with van der Waals surface area (Å²) < 4.78 is 5.33. The van der Waals surface area contributed by atoms with E-state index < -0.39 is 17.5 Å². The van der Waals surface area contributed by atoms with Crippen molar-refractivity contribution in [2.75, 3.05) is 0 Å². The molecule has 0 radical (unpaired) electrons. The number of hydrogen-bond donors (Lipinski definition) is 0. The maximum absolute atomic E-state index is 12.3. The molecular weight excluding hydrogens is 280 g/mol. The fourth-order valence-corrected chi connectivity index (χ4v) is 3.55. The minimum absolute atomic E-state index is 0.0226. The van der Waals surface area contributed by atoms with Gasteiger partial charge in [-0.25, -0.2) is 4.79 Å². The van der Waals surface area contributed by atoms with Crippen molar-refractivity contribution < 1.29 is 19.1 Å². The molecule has 2 saturated carbocycles. The summed E-state index contributed by atoms with van der Waals surface area (Å²) in [7, 11) is 0. The molecule has 4 heteroatoms. The van der Waals surface area contributed by atoms with E-state index in [1.807, 2.05) is 37.3 Å². The van der Waals surface area contributed by atoms with E-state index in [9.17, 15) is 14.4 Å². The Labute approximate surface area is 129 Å². The van der Waals surface area contributed by atoms with E-state index in [-0.39, 0.29) is 29.8 Å². The third kappa shape index (κ3) is 2.10. The van der Waals surface area contributed by atoms with E-state index in [1.165, 1.54) is 6.08 Å². The highest BCUT2D eigenvalue weighted by atomic mass is 16.5. The molecule has 114 valence electrons. The summed E-state index contributed by atoms with van der Waals surface area (Å²) in [5.41, 5.74) is 0.00669. The lowest BCUT2D eigenvalue weighted by Crippen LogP contribution is -2.44. The molecule has 4 nitrogen and oxygen atoms in total. The van der Waals surface area contributed by atoms with Crippen molar-refractivity contribution in [2.24, 2.45) is 17.3 Å². The molecule has 0 aromatic heterocycles. The Kier molecular flexibility index (Phi) is 3.47. The Morgan fingerprint density at radius 3 is 2.59 bits per heavy atom. The van der Waals surface area contributed by atoms with E-state index in [2.05, 4.69) is 0 Å². The van der Waals surface area contributed by atoms with Crippen molar-refractivity contribution >= 4 is 23.6 Å². The largest absolute Gasteiger partial charge is 0.450 e. The van der Waals surface area contributed by atoms with Gasteiger partial charge in [0.15, 0.2) is 11.9 Å². The number of carbonyl (C=O) groups excluding carboxylic acids is 3. The first-order valence-electron chi connectivity index (χ1n) is 7.45. The normalized spacial score (nSPS) is 33.6. The first-order chi connectivity index (χ1) is 10.4. The highest BCUT2D eigenvalue weighted by molar-refractivity contribution is 6.07. The fraction of sp³-hybridized carbons (Fsp3) is 0.389. The van der Waals surface area contributed by atoms with Crippen LogP contribution in [-0.4, -0.2) is 23.6 Å². The van der Waals surface area contributed by atoms with Crippen LogP contribution in [-0.2, 0) is 19.1 Å². The molecule has 0 N–H and O–H groups in total. The highest BCUT2D eigenvalue weighted by Gasteiger charge is 2.66. The number of rotatable bonds is 3. The number of carbonyl (C=O) groups is 3. The van der Waals surface area contributed by atoms with Crippen molar-refractivity contribution in [3.8, 4) is 0 Å². The van der Waals surface area contributed by atoms with Gasteiger partial charge >= 0.3 is 5.97 Å². The molecule has 2 aliphatic carbocycles. The van der Waals surface area contributed by atoms with E-state index in [0.717, 1.165) is 5.56 Å². The molecule has 1 aromatic rings. The average molecular weight is 298 g/mol. The van der Waals surface area contributed by atoms with Gasteiger partial charge in [-0.1, -0.05) is 37.3 Å². The standard InChI is InChI=1S/C18H18O4/c1-11-13-10-14(19)18(11,2)17(16(13)21)22-15(20)9-8-12-6-4-3-5-7-12/h3-9,11,13,17H,10H2,1-2H3/b9-8+. The van der Waals surface area contributed by atoms with Crippen LogP contribution in [0.1, 0.15) is 25.8 Å². The van der Waals surface area contributed by atoms with Gasteiger partial charge in [0.2, 0.25) is 0 Å². The lowest BCUT2D eigenvalue weighted by Gasteiger charge is -2.29. The molecular formula is C18H18O4. The average Bonchev–Trinajstić information content (AvgIpc) is 2.84. The lowest BCUT2D eigenvalue weighted by molar-refractivity contribution is -0.160. The maximum Gasteiger partial charge on any atom is 0.331 e. The second kappa shape index (κ2) is 5.20. The van der Waals surface area contributed by atoms with E-state index in [4.69, 9.17) is 4.74 Å². The summed E-state index contributed by atoms with van der Waals surface area (Å²) in [6.45, 7) is 3.63. The summed E-state index contributed by atoms with van der Waals surface area (Å²) in [6.07, 6.45) is 2.27. The first kappa shape index (κ1) is 14.7. The van der Waals surface area contributed by atoms with Gasteiger partial charge < -0.3 is 4.74 Å².